The fourth-order valence-electron chi connectivity index (χ4n) is 3.52. The SMILES string of the molecule is CC#Cc1cccc(-c2nc(-c3ccccc3)[nH]c2-c2n[nH]c(=O)n2C2CC2)c1. The largest absolute Gasteiger partial charge is 0.343 e. The molecule has 0 spiro atoms. The third-order valence-corrected chi connectivity index (χ3v) is 5.00. The lowest BCUT2D eigenvalue weighted by Gasteiger charge is -2.05. The van der Waals surface area contributed by atoms with Crippen LogP contribution in [-0.2, 0) is 0 Å². The van der Waals surface area contributed by atoms with Crippen LogP contribution in [-0.4, -0.2) is 24.7 Å². The van der Waals surface area contributed by atoms with Crippen molar-refractivity contribution in [2.45, 2.75) is 25.8 Å². The minimum absolute atomic E-state index is 0.185. The summed E-state index contributed by atoms with van der Waals surface area (Å²) in [5.74, 6) is 7.36. The molecule has 0 saturated heterocycles. The third-order valence-electron chi connectivity index (χ3n) is 5.00. The number of aromatic nitrogens is 5. The highest BCUT2D eigenvalue weighted by Gasteiger charge is 2.31. The fourth-order valence-corrected chi connectivity index (χ4v) is 3.52. The number of nitrogens with zero attached hydrogens (tertiary/aromatic N) is 3. The Morgan fingerprint density at radius 3 is 2.62 bits per heavy atom. The number of nitrogens with one attached hydrogen (secondary N) is 2. The molecule has 5 rings (SSSR count). The van der Waals surface area contributed by atoms with E-state index in [1.807, 2.05) is 61.5 Å². The molecule has 0 unspecified atom stereocenters. The first-order chi connectivity index (χ1) is 14.2. The smallest absolute Gasteiger partial charge is 0.335 e. The van der Waals surface area contributed by atoms with E-state index in [9.17, 15) is 4.79 Å². The van der Waals surface area contributed by atoms with E-state index in [2.05, 4.69) is 27.0 Å². The van der Waals surface area contributed by atoms with Crippen LogP contribution in [0.5, 0.6) is 0 Å². The van der Waals surface area contributed by atoms with Crippen LogP contribution in [0.25, 0.3) is 34.2 Å². The Morgan fingerprint density at radius 1 is 1.07 bits per heavy atom. The van der Waals surface area contributed by atoms with Crippen molar-refractivity contribution in [3.8, 4) is 46.0 Å². The lowest BCUT2D eigenvalue weighted by molar-refractivity contribution is 0.715. The Kier molecular flexibility index (Phi) is 4.14. The molecule has 2 aromatic carbocycles. The molecule has 2 N–H and O–H groups in total. The highest BCUT2D eigenvalue weighted by molar-refractivity contribution is 5.79. The average Bonchev–Trinajstić information content (AvgIpc) is 3.36. The van der Waals surface area contributed by atoms with E-state index in [0.29, 0.717) is 5.82 Å². The van der Waals surface area contributed by atoms with Crippen LogP contribution in [0.2, 0.25) is 0 Å². The molecular formula is C23H19N5O. The maximum Gasteiger partial charge on any atom is 0.343 e. The van der Waals surface area contributed by atoms with Crippen molar-refractivity contribution in [3.63, 3.8) is 0 Å². The van der Waals surface area contributed by atoms with Gasteiger partial charge in [-0.25, -0.2) is 14.9 Å². The summed E-state index contributed by atoms with van der Waals surface area (Å²) in [6.07, 6.45) is 1.98. The summed E-state index contributed by atoms with van der Waals surface area (Å²) in [4.78, 5) is 20.6. The number of hydrogen-bond donors (Lipinski definition) is 2. The first kappa shape index (κ1) is 17.3. The topological polar surface area (TPSA) is 79.4 Å². The lowest BCUT2D eigenvalue weighted by atomic mass is 10.1. The van der Waals surface area contributed by atoms with Crippen molar-refractivity contribution in [2.75, 3.05) is 0 Å². The zero-order chi connectivity index (χ0) is 19.8. The standard InChI is InChI=1S/C23H19N5O/c1-2-7-15-8-6-11-17(14-15)19-20(22-26-27-23(29)28(22)18-12-13-18)25-21(24-19)16-9-4-3-5-10-16/h3-6,8-11,14,18H,12-13H2,1H3,(H,24,25)(H,27,29). The van der Waals surface area contributed by atoms with Crippen LogP contribution in [0.15, 0.2) is 59.4 Å². The Labute approximate surface area is 167 Å². The number of rotatable bonds is 4. The van der Waals surface area contributed by atoms with Gasteiger partial charge in [0.15, 0.2) is 5.82 Å². The normalized spacial score (nSPS) is 13.1. The molecule has 2 heterocycles. The van der Waals surface area contributed by atoms with Crippen molar-refractivity contribution in [1.29, 1.82) is 0 Å². The molecule has 1 aliphatic carbocycles. The second-order valence-corrected chi connectivity index (χ2v) is 7.08. The zero-order valence-electron chi connectivity index (χ0n) is 15.9. The summed E-state index contributed by atoms with van der Waals surface area (Å²) in [5, 5.41) is 6.93. The summed E-state index contributed by atoms with van der Waals surface area (Å²) in [5.41, 5.74) is 4.12. The Morgan fingerprint density at radius 2 is 1.86 bits per heavy atom. The molecule has 1 fully saturated rings. The zero-order valence-corrected chi connectivity index (χ0v) is 15.9. The number of hydrogen-bond acceptors (Lipinski definition) is 3. The van der Waals surface area contributed by atoms with Gasteiger partial charge in [-0.15, -0.1) is 5.92 Å². The molecule has 1 saturated carbocycles. The van der Waals surface area contributed by atoms with Gasteiger partial charge in [-0.05, 0) is 31.9 Å². The van der Waals surface area contributed by atoms with Crippen molar-refractivity contribution in [3.05, 3.63) is 70.6 Å². The maximum absolute atomic E-state index is 12.4. The van der Waals surface area contributed by atoms with Crippen LogP contribution in [0.4, 0.5) is 0 Å². The van der Waals surface area contributed by atoms with Crippen LogP contribution in [0, 0.1) is 11.8 Å². The summed E-state index contributed by atoms with van der Waals surface area (Å²) < 4.78 is 1.74. The van der Waals surface area contributed by atoms with E-state index in [-0.39, 0.29) is 11.7 Å². The Hall–Kier alpha value is -3.85. The fraction of sp³-hybridized carbons (Fsp3) is 0.174. The van der Waals surface area contributed by atoms with Gasteiger partial charge < -0.3 is 4.98 Å². The summed E-state index contributed by atoms with van der Waals surface area (Å²) in [6, 6.07) is 18.1. The van der Waals surface area contributed by atoms with E-state index in [0.717, 1.165) is 46.7 Å². The first-order valence-corrected chi connectivity index (χ1v) is 9.60. The molecule has 4 aromatic rings. The van der Waals surface area contributed by atoms with Crippen molar-refractivity contribution < 1.29 is 0 Å². The van der Waals surface area contributed by atoms with Crippen molar-refractivity contribution in [1.82, 2.24) is 24.7 Å². The molecule has 0 radical (unpaired) electrons. The predicted octanol–water partition coefficient (Wildman–Crippen LogP) is 4.00. The Bertz CT molecular complexity index is 1300. The molecule has 0 bridgehead atoms. The van der Waals surface area contributed by atoms with Crippen LogP contribution >= 0.6 is 0 Å². The number of H-pyrrole nitrogens is 2. The molecule has 1 aliphatic rings. The molecule has 0 amide bonds. The van der Waals surface area contributed by atoms with Gasteiger partial charge in [-0.2, -0.15) is 5.10 Å². The van der Waals surface area contributed by atoms with Crippen LogP contribution < -0.4 is 5.69 Å². The van der Waals surface area contributed by atoms with E-state index >= 15 is 0 Å². The third kappa shape index (κ3) is 3.17. The molecule has 2 aromatic heterocycles. The van der Waals surface area contributed by atoms with E-state index < -0.39 is 0 Å². The number of imidazole rings is 1. The molecule has 0 atom stereocenters. The molecule has 29 heavy (non-hydrogen) atoms. The Balaban J connectivity index is 1.73. The molecule has 6 nitrogen and oxygen atoms in total. The average molecular weight is 381 g/mol. The maximum atomic E-state index is 12.4. The highest BCUT2D eigenvalue weighted by Crippen LogP contribution is 2.38. The number of aromatic amines is 2. The van der Waals surface area contributed by atoms with Crippen molar-refractivity contribution >= 4 is 0 Å². The van der Waals surface area contributed by atoms with Gasteiger partial charge in [0.2, 0.25) is 0 Å². The van der Waals surface area contributed by atoms with E-state index in [1.54, 1.807) is 4.57 Å². The van der Waals surface area contributed by atoms with Gasteiger partial charge in [-0.1, -0.05) is 48.4 Å². The second-order valence-electron chi connectivity index (χ2n) is 7.08. The lowest BCUT2D eigenvalue weighted by Crippen LogP contribution is -2.16. The van der Waals surface area contributed by atoms with Gasteiger partial charge in [-0.3, -0.25) is 4.57 Å². The summed E-state index contributed by atoms with van der Waals surface area (Å²) >= 11 is 0. The number of benzene rings is 2. The minimum Gasteiger partial charge on any atom is -0.335 e. The van der Waals surface area contributed by atoms with Gasteiger partial charge >= 0.3 is 5.69 Å². The first-order valence-electron chi connectivity index (χ1n) is 9.60. The van der Waals surface area contributed by atoms with Gasteiger partial charge in [0.05, 0.1) is 0 Å². The van der Waals surface area contributed by atoms with Gasteiger partial charge in [0.1, 0.15) is 17.2 Å². The molecule has 6 heteroatoms. The highest BCUT2D eigenvalue weighted by atomic mass is 16.1. The second kappa shape index (κ2) is 6.95. The minimum atomic E-state index is -0.185. The van der Waals surface area contributed by atoms with E-state index in [4.69, 9.17) is 4.98 Å². The predicted molar refractivity (Wildman–Crippen MR) is 112 cm³/mol. The summed E-state index contributed by atoms with van der Waals surface area (Å²) in [6.45, 7) is 1.82. The van der Waals surface area contributed by atoms with E-state index in [1.165, 1.54) is 0 Å². The van der Waals surface area contributed by atoms with Gasteiger partial charge in [0, 0.05) is 22.7 Å². The molecule has 0 aliphatic heterocycles. The molecule has 142 valence electrons. The quantitative estimate of drug-likeness (QED) is 0.525. The monoisotopic (exact) mass is 381 g/mol. The van der Waals surface area contributed by atoms with Crippen LogP contribution in [0.3, 0.4) is 0 Å². The summed E-state index contributed by atoms with van der Waals surface area (Å²) in [7, 11) is 0. The molecular weight excluding hydrogens is 362 g/mol. The van der Waals surface area contributed by atoms with Gasteiger partial charge in [0.25, 0.3) is 0 Å². The van der Waals surface area contributed by atoms with Crippen LogP contribution in [0.1, 0.15) is 31.4 Å². The van der Waals surface area contributed by atoms with Crippen molar-refractivity contribution in [2.24, 2.45) is 0 Å².